The molecule has 2 heterocycles. The number of alkyl halides is 3. The fraction of sp³-hybridized carbons (Fsp3) is 0.750. The van der Waals surface area contributed by atoms with E-state index in [0.717, 1.165) is 10.0 Å². The Morgan fingerprint density at radius 3 is 2.55 bits per heavy atom. The van der Waals surface area contributed by atoms with Gasteiger partial charge in [-0.3, -0.25) is 4.90 Å². The highest BCUT2D eigenvalue weighted by molar-refractivity contribution is 7.15. The van der Waals surface area contributed by atoms with Gasteiger partial charge in [-0.1, -0.05) is 0 Å². The third-order valence-electron chi connectivity index (χ3n) is 3.42. The van der Waals surface area contributed by atoms with Crippen LogP contribution in [0.2, 0.25) is 0 Å². The zero-order valence-electron chi connectivity index (χ0n) is 11.6. The molecule has 20 heavy (non-hydrogen) atoms. The van der Waals surface area contributed by atoms with Crippen LogP contribution in [0.5, 0.6) is 0 Å². The summed E-state index contributed by atoms with van der Waals surface area (Å²) in [6.07, 6.45) is -2.28. The van der Waals surface area contributed by atoms with Crippen molar-refractivity contribution in [2.75, 3.05) is 44.7 Å². The van der Waals surface area contributed by atoms with Crippen molar-refractivity contribution in [2.24, 2.45) is 0 Å². The molecule has 4 nitrogen and oxygen atoms in total. The predicted octanol–water partition coefficient (Wildman–Crippen LogP) is 2.11. The molecule has 0 aliphatic carbocycles. The summed E-state index contributed by atoms with van der Waals surface area (Å²) in [6, 6.07) is 0.243. The van der Waals surface area contributed by atoms with Crippen molar-refractivity contribution in [3.63, 3.8) is 0 Å². The quantitative estimate of drug-likeness (QED) is 0.923. The zero-order chi connectivity index (χ0) is 14.8. The first-order valence-corrected chi connectivity index (χ1v) is 7.38. The molecule has 1 fully saturated rings. The molecule has 1 N–H and O–H groups in total. The predicted molar refractivity (Wildman–Crippen MR) is 74.3 cm³/mol. The summed E-state index contributed by atoms with van der Waals surface area (Å²) in [5.74, 6) is 0. The van der Waals surface area contributed by atoms with Crippen molar-refractivity contribution in [3.05, 3.63) is 11.1 Å². The van der Waals surface area contributed by atoms with Crippen molar-refractivity contribution in [2.45, 2.75) is 19.1 Å². The molecule has 1 aromatic rings. The van der Waals surface area contributed by atoms with Gasteiger partial charge in [0.25, 0.3) is 0 Å². The van der Waals surface area contributed by atoms with Crippen molar-refractivity contribution in [1.29, 1.82) is 0 Å². The standard InChI is InChI=1S/C12H19F3N4S/c1-9(16-2)10-7-17-11(20-10)19-5-3-18(4-6-19)8-12(13,14)15/h7,9,16H,3-6,8H2,1-2H3. The molecule has 0 spiro atoms. The van der Waals surface area contributed by atoms with Crippen molar-refractivity contribution in [3.8, 4) is 0 Å². The van der Waals surface area contributed by atoms with Gasteiger partial charge < -0.3 is 10.2 Å². The highest BCUT2D eigenvalue weighted by Gasteiger charge is 2.32. The van der Waals surface area contributed by atoms with Gasteiger partial charge in [0, 0.05) is 43.3 Å². The molecule has 0 saturated carbocycles. The first kappa shape index (κ1) is 15.5. The van der Waals surface area contributed by atoms with E-state index < -0.39 is 12.7 Å². The number of rotatable bonds is 4. The number of aromatic nitrogens is 1. The molecule has 0 radical (unpaired) electrons. The van der Waals surface area contributed by atoms with E-state index in [1.54, 1.807) is 11.3 Å². The van der Waals surface area contributed by atoms with E-state index in [2.05, 4.69) is 22.1 Å². The Labute approximate surface area is 120 Å². The monoisotopic (exact) mass is 308 g/mol. The molecule has 2 rings (SSSR count). The van der Waals surface area contributed by atoms with Crippen molar-refractivity contribution < 1.29 is 13.2 Å². The van der Waals surface area contributed by atoms with Crippen LogP contribution in [0, 0.1) is 0 Å². The molecule has 1 saturated heterocycles. The summed E-state index contributed by atoms with van der Waals surface area (Å²) < 4.78 is 37.0. The molecule has 1 unspecified atom stereocenters. The minimum absolute atomic E-state index is 0.243. The summed E-state index contributed by atoms with van der Waals surface area (Å²) in [7, 11) is 1.89. The lowest BCUT2D eigenvalue weighted by Crippen LogP contribution is -2.49. The van der Waals surface area contributed by atoms with Gasteiger partial charge in [0.05, 0.1) is 6.54 Å². The van der Waals surface area contributed by atoms with Crippen LogP contribution in [0.25, 0.3) is 0 Å². The van der Waals surface area contributed by atoms with E-state index in [1.807, 2.05) is 13.2 Å². The Morgan fingerprint density at radius 1 is 1.35 bits per heavy atom. The second-order valence-corrected chi connectivity index (χ2v) is 5.97. The SMILES string of the molecule is CNC(C)c1cnc(N2CCN(CC(F)(F)F)CC2)s1. The summed E-state index contributed by atoms with van der Waals surface area (Å²) in [5, 5.41) is 4.05. The van der Waals surface area contributed by atoms with Gasteiger partial charge in [-0.15, -0.1) is 11.3 Å². The Bertz CT molecular complexity index is 427. The normalized spacial score (nSPS) is 19.4. The van der Waals surface area contributed by atoms with E-state index in [9.17, 15) is 13.2 Å². The Kier molecular flexibility index (Phi) is 4.87. The van der Waals surface area contributed by atoms with Gasteiger partial charge in [-0.25, -0.2) is 4.98 Å². The van der Waals surface area contributed by atoms with Crippen LogP contribution in [0.1, 0.15) is 17.8 Å². The topological polar surface area (TPSA) is 31.4 Å². The molecule has 0 bridgehead atoms. The third-order valence-corrected chi connectivity index (χ3v) is 4.66. The fourth-order valence-corrected chi connectivity index (χ4v) is 3.14. The molecule has 0 amide bonds. The maximum absolute atomic E-state index is 12.3. The minimum Gasteiger partial charge on any atom is -0.346 e. The van der Waals surface area contributed by atoms with Crippen LogP contribution in [0.3, 0.4) is 0 Å². The molecule has 1 atom stereocenters. The maximum atomic E-state index is 12.3. The fourth-order valence-electron chi connectivity index (χ4n) is 2.12. The molecule has 114 valence electrons. The number of thiazole rings is 1. The van der Waals surface area contributed by atoms with Crippen molar-refractivity contribution >= 4 is 16.5 Å². The summed E-state index contributed by atoms with van der Waals surface area (Å²) in [6.45, 7) is 3.28. The van der Waals surface area contributed by atoms with Crippen LogP contribution in [0.15, 0.2) is 6.20 Å². The van der Waals surface area contributed by atoms with E-state index in [-0.39, 0.29) is 6.04 Å². The number of anilines is 1. The Morgan fingerprint density at radius 2 is 2.00 bits per heavy atom. The molecule has 1 aliphatic heterocycles. The molecular weight excluding hydrogens is 289 g/mol. The van der Waals surface area contributed by atoms with Crippen LogP contribution in [-0.2, 0) is 0 Å². The lowest BCUT2D eigenvalue weighted by molar-refractivity contribution is -0.146. The van der Waals surface area contributed by atoms with Crippen LogP contribution >= 0.6 is 11.3 Å². The lowest BCUT2D eigenvalue weighted by Gasteiger charge is -2.34. The second-order valence-electron chi connectivity index (χ2n) is 4.93. The number of hydrogen-bond acceptors (Lipinski definition) is 5. The summed E-state index contributed by atoms with van der Waals surface area (Å²) in [4.78, 5) is 9.02. The van der Waals surface area contributed by atoms with Gasteiger partial charge in [0.1, 0.15) is 0 Å². The van der Waals surface area contributed by atoms with Gasteiger partial charge in [0.2, 0.25) is 0 Å². The smallest absolute Gasteiger partial charge is 0.346 e. The van der Waals surface area contributed by atoms with Gasteiger partial charge in [-0.05, 0) is 14.0 Å². The van der Waals surface area contributed by atoms with Crippen LogP contribution in [0.4, 0.5) is 18.3 Å². The van der Waals surface area contributed by atoms with Gasteiger partial charge in [-0.2, -0.15) is 13.2 Å². The summed E-state index contributed by atoms with van der Waals surface area (Å²) >= 11 is 1.60. The van der Waals surface area contributed by atoms with Gasteiger partial charge >= 0.3 is 6.18 Å². The van der Waals surface area contributed by atoms with E-state index in [1.165, 1.54) is 4.90 Å². The second kappa shape index (κ2) is 6.28. The molecule has 1 aliphatic rings. The Balaban J connectivity index is 1.89. The van der Waals surface area contributed by atoms with Crippen molar-refractivity contribution in [1.82, 2.24) is 15.2 Å². The highest BCUT2D eigenvalue weighted by Crippen LogP contribution is 2.28. The van der Waals surface area contributed by atoms with E-state index in [0.29, 0.717) is 26.2 Å². The molecule has 8 heteroatoms. The number of halogens is 3. The lowest BCUT2D eigenvalue weighted by atomic mass is 10.3. The highest BCUT2D eigenvalue weighted by atomic mass is 32.1. The average molecular weight is 308 g/mol. The number of nitrogens with zero attached hydrogens (tertiary/aromatic N) is 3. The number of hydrogen-bond donors (Lipinski definition) is 1. The summed E-state index contributed by atoms with van der Waals surface area (Å²) in [5.41, 5.74) is 0. The first-order chi connectivity index (χ1) is 9.39. The maximum Gasteiger partial charge on any atom is 0.401 e. The van der Waals surface area contributed by atoms with Gasteiger partial charge in [0.15, 0.2) is 5.13 Å². The Hall–Kier alpha value is -0.860. The number of nitrogens with one attached hydrogen (secondary N) is 1. The van der Waals surface area contributed by atoms with Crippen LogP contribution in [-0.4, -0.2) is 55.8 Å². The van der Waals surface area contributed by atoms with E-state index in [4.69, 9.17) is 0 Å². The number of piperazine rings is 1. The molecular formula is C12H19F3N4S. The molecule has 0 aromatic carbocycles. The van der Waals surface area contributed by atoms with E-state index >= 15 is 0 Å². The minimum atomic E-state index is -4.11. The average Bonchev–Trinajstić information content (AvgIpc) is 2.86. The largest absolute Gasteiger partial charge is 0.401 e. The zero-order valence-corrected chi connectivity index (χ0v) is 12.4. The van der Waals surface area contributed by atoms with Crippen LogP contribution < -0.4 is 10.2 Å². The first-order valence-electron chi connectivity index (χ1n) is 6.56. The third kappa shape index (κ3) is 4.07. The molecule has 1 aromatic heterocycles.